The van der Waals surface area contributed by atoms with Crippen molar-refractivity contribution in [3.63, 3.8) is 0 Å². The third-order valence-corrected chi connectivity index (χ3v) is 7.10. The van der Waals surface area contributed by atoms with E-state index in [2.05, 4.69) is 21.2 Å². The summed E-state index contributed by atoms with van der Waals surface area (Å²) in [5.74, 6) is 1.39. The van der Waals surface area contributed by atoms with Gasteiger partial charge in [-0.25, -0.2) is 4.98 Å². The minimum atomic E-state index is 0.251. The molecule has 1 aliphatic heterocycles. The smallest absolute Gasteiger partial charge is 0.223 e. The van der Waals surface area contributed by atoms with E-state index in [-0.39, 0.29) is 11.8 Å². The molecule has 29 heavy (non-hydrogen) atoms. The lowest BCUT2D eigenvalue weighted by Gasteiger charge is -2.34. The van der Waals surface area contributed by atoms with Crippen molar-refractivity contribution < 1.29 is 9.53 Å². The van der Waals surface area contributed by atoms with E-state index >= 15 is 0 Å². The van der Waals surface area contributed by atoms with E-state index in [4.69, 9.17) is 9.72 Å². The molecule has 1 aliphatic carbocycles. The number of hydrogen-bond acceptors (Lipinski definition) is 6. The summed E-state index contributed by atoms with van der Waals surface area (Å²) in [6.07, 6.45) is 5.83. The molecule has 1 aromatic carbocycles. The van der Waals surface area contributed by atoms with Crippen molar-refractivity contribution in [3.8, 4) is 5.75 Å². The zero-order valence-corrected chi connectivity index (χ0v) is 18.2. The lowest BCUT2D eigenvalue weighted by molar-refractivity contribution is -0.125. The number of aromatic nitrogens is 1. The van der Waals surface area contributed by atoms with Crippen LogP contribution in [0.2, 0.25) is 0 Å². The number of ether oxygens (including phenoxy) is 1. The summed E-state index contributed by atoms with van der Waals surface area (Å²) in [4.78, 5) is 22.0. The highest BCUT2D eigenvalue weighted by atomic mass is 32.1. The number of para-hydroxylation sites is 1. The maximum absolute atomic E-state index is 12.3. The van der Waals surface area contributed by atoms with Crippen LogP contribution in [0.1, 0.15) is 39.0 Å². The number of nitrogens with one attached hydrogen (secondary N) is 1. The molecular formula is C22H32N4O2S. The van der Waals surface area contributed by atoms with Crippen LogP contribution in [-0.2, 0) is 4.79 Å². The minimum absolute atomic E-state index is 0.251. The van der Waals surface area contributed by atoms with Gasteiger partial charge < -0.3 is 15.0 Å². The third kappa shape index (κ3) is 5.01. The number of carbonyl (C=O) groups excluding carboxylic acids is 1. The molecule has 1 saturated heterocycles. The highest BCUT2D eigenvalue weighted by molar-refractivity contribution is 7.22. The Morgan fingerprint density at radius 3 is 2.76 bits per heavy atom. The van der Waals surface area contributed by atoms with Gasteiger partial charge in [-0.1, -0.05) is 36.7 Å². The van der Waals surface area contributed by atoms with Gasteiger partial charge in [-0.15, -0.1) is 0 Å². The third-order valence-electron chi connectivity index (χ3n) is 6.02. The normalized spacial score (nSPS) is 18.9. The van der Waals surface area contributed by atoms with Crippen LogP contribution in [0.25, 0.3) is 10.2 Å². The predicted octanol–water partition coefficient (Wildman–Crippen LogP) is 3.51. The average molecular weight is 417 g/mol. The molecule has 0 spiro atoms. The van der Waals surface area contributed by atoms with Crippen molar-refractivity contribution in [3.05, 3.63) is 18.2 Å². The van der Waals surface area contributed by atoms with Crippen LogP contribution in [-0.4, -0.2) is 61.7 Å². The maximum atomic E-state index is 12.3. The number of amides is 1. The van der Waals surface area contributed by atoms with Crippen LogP contribution >= 0.6 is 11.3 Å². The first kappa shape index (κ1) is 20.4. The molecule has 1 N–H and O–H groups in total. The van der Waals surface area contributed by atoms with E-state index in [0.29, 0.717) is 6.61 Å². The van der Waals surface area contributed by atoms with Gasteiger partial charge in [-0.3, -0.25) is 9.69 Å². The van der Waals surface area contributed by atoms with Crippen LogP contribution in [0.3, 0.4) is 0 Å². The van der Waals surface area contributed by atoms with E-state index < -0.39 is 0 Å². The number of fused-ring (bicyclic) bond motifs is 1. The molecule has 2 aromatic rings. The summed E-state index contributed by atoms with van der Waals surface area (Å²) in [6, 6.07) is 6.15. The van der Waals surface area contributed by atoms with Crippen molar-refractivity contribution in [1.29, 1.82) is 0 Å². The SMILES string of the molecule is CCOc1cccc2sc(N3CCN(CCNC(=O)C4CCCCC4)CC3)nc12. The standard InChI is InChI=1S/C22H32N4O2S/c1-2-28-18-9-6-10-19-20(18)24-22(29-19)26-15-13-25(14-16-26)12-11-23-21(27)17-7-4-3-5-8-17/h6,9-10,17H,2-5,7-8,11-16H2,1H3,(H,23,27). The molecule has 2 heterocycles. The van der Waals surface area contributed by atoms with Gasteiger partial charge in [0.1, 0.15) is 11.3 Å². The first-order valence-electron chi connectivity index (χ1n) is 11.0. The van der Waals surface area contributed by atoms with E-state index in [1.54, 1.807) is 11.3 Å². The van der Waals surface area contributed by atoms with Crippen molar-refractivity contribution in [2.75, 3.05) is 50.8 Å². The van der Waals surface area contributed by atoms with Crippen LogP contribution < -0.4 is 15.0 Å². The summed E-state index contributed by atoms with van der Waals surface area (Å²) in [6.45, 7) is 8.31. The van der Waals surface area contributed by atoms with Gasteiger partial charge in [-0.05, 0) is 31.9 Å². The molecule has 2 fully saturated rings. The first-order chi connectivity index (χ1) is 14.2. The fourth-order valence-corrected chi connectivity index (χ4v) is 5.36. The van der Waals surface area contributed by atoms with Crippen LogP contribution in [0.15, 0.2) is 18.2 Å². The molecule has 1 aromatic heterocycles. The van der Waals surface area contributed by atoms with Gasteiger partial charge in [-0.2, -0.15) is 0 Å². The Labute approximate surface area is 177 Å². The van der Waals surface area contributed by atoms with Crippen molar-refractivity contribution in [1.82, 2.24) is 15.2 Å². The van der Waals surface area contributed by atoms with E-state index in [1.807, 2.05) is 19.1 Å². The summed E-state index contributed by atoms with van der Waals surface area (Å²) < 4.78 is 6.91. The van der Waals surface area contributed by atoms with Gasteiger partial charge >= 0.3 is 0 Å². The molecule has 158 valence electrons. The molecule has 6 nitrogen and oxygen atoms in total. The Bertz CT molecular complexity index is 810. The summed E-state index contributed by atoms with van der Waals surface area (Å²) in [5, 5.41) is 4.24. The zero-order chi connectivity index (χ0) is 20.1. The number of benzene rings is 1. The molecule has 0 unspecified atom stereocenters. The van der Waals surface area contributed by atoms with Crippen molar-refractivity contribution >= 4 is 32.6 Å². The molecular weight excluding hydrogens is 384 g/mol. The fraction of sp³-hybridized carbons (Fsp3) is 0.636. The van der Waals surface area contributed by atoms with E-state index in [1.165, 1.54) is 24.0 Å². The van der Waals surface area contributed by atoms with E-state index in [9.17, 15) is 4.79 Å². The van der Waals surface area contributed by atoms with Crippen molar-refractivity contribution in [2.24, 2.45) is 5.92 Å². The molecule has 7 heteroatoms. The second-order valence-corrected chi connectivity index (χ2v) is 9.00. The van der Waals surface area contributed by atoms with Gasteiger partial charge in [0.15, 0.2) is 5.13 Å². The number of hydrogen-bond donors (Lipinski definition) is 1. The highest BCUT2D eigenvalue weighted by Crippen LogP contribution is 2.34. The Balaban J connectivity index is 1.24. The maximum Gasteiger partial charge on any atom is 0.223 e. The second-order valence-electron chi connectivity index (χ2n) is 7.99. The van der Waals surface area contributed by atoms with Gasteiger partial charge in [0.2, 0.25) is 5.91 Å². The number of piperazine rings is 1. The van der Waals surface area contributed by atoms with Crippen LogP contribution in [0.5, 0.6) is 5.75 Å². The molecule has 0 radical (unpaired) electrons. The molecule has 4 rings (SSSR count). The number of nitrogens with zero attached hydrogens (tertiary/aromatic N) is 3. The number of rotatable bonds is 7. The van der Waals surface area contributed by atoms with Crippen molar-refractivity contribution in [2.45, 2.75) is 39.0 Å². The highest BCUT2D eigenvalue weighted by Gasteiger charge is 2.22. The fourth-order valence-electron chi connectivity index (χ4n) is 4.33. The molecule has 0 atom stereocenters. The topological polar surface area (TPSA) is 57.7 Å². The monoisotopic (exact) mass is 416 g/mol. The molecule has 1 amide bonds. The number of carbonyl (C=O) groups is 1. The zero-order valence-electron chi connectivity index (χ0n) is 17.4. The minimum Gasteiger partial charge on any atom is -0.492 e. The molecule has 0 bridgehead atoms. The number of thiazole rings is 1. The molecule has 1 saturated carbocycles. The van der Waals surface area contributed by atoms with Gasteiger partial charge in [0, 0.05) is 45.2 Å². The van der Waals surface area contributed by atoms with Crippen LogP contribution in [0.4, 0.5) is 5.13 Å². The van der Waals surface area contributed by atoms with Crippen LogP contribution in [0, 0.1) is 5.92 Å². The Morgan fingerprint density at radius 1 is 1.21 bits per heavy atom. The largest absolute Gasteiger partial charge is 0.492 e. The van der Waals surface area contributed by atoms with Gasteiger partial charge in [0.25, 0.3) is 0 Å². The molecule has 2 aliphatic rings. The van der Waals surface area contributed by atoms with E-state index in [0.717, 1.165) is 68.5 Å². The second kappa shape index (κ2) is 9.76. The lowest BCUT2D eigenvalue weighted by Crippen LogP contribution is -2.48. The quantitative estimate of drug-likeness (QED) is 0.748. The summed E-state index contributed by atoms with van der Waals surface area (Å²) >= 11 is 1.74. The summed E-state index contributed by atoms with van der Waals surface area (Å²) in [5.41, 5.74) is 0.974. The van der Waals surface area contributed by atoms with Gasteiger partial charge in [0.05, 0.1) is 11.3 Å². The lowest BCUT2D eigenvalue weighted by atomic mass is 9.89. The first-order valence-corrected chi connectivity index (χ1v) is 11.8. The Morgan fingerprint density at radius 2 is 2.00 bits per heavy atom. The average Bonchev–Trinajstić information content (AvgIpc) is 3.20. The Kier molecular flexibility index (Phi) is 6.87. The number of anilines is 1. The summed E-state index contributed by atoms with van der Waals surface area (Å²) in [7, 11) is 0. The Hall–Kier alpha value is -1.86. The predicted molar refractivity (Wildman–Crippen MR) is 119 cm³/mol.